The minimum atomic E-state index is -0.177. The van der Waals surface area contributed by atoms with Crippen molar-refractivity contribution >= 4 is 35.0 Å². The van der Waals surface area contributed by atoms with E-state index in [0.29, 0.717) is 11.3 Å². The molecule has 4 nitrogen and oxygen atoms in total. The average molecular weight is 328 g/mol. The standard InChI is InChI=1S/C18H20N2O2S/c1-12(2)17(21)19-14-6-4-13(5-7-14)18(22)20-15-8-10-16(23-3)11-9-15/h4-12H,1-3H3,(H,19,21)(H,20,22). The van der Waals surface area contributed by atoms with Crippen molar-refractivity contribution in [3.05, 3.63) is 54.1 Å². The Morgan fingerprint density at radius 3 is 1.91 bits per heavy atom. The maximum absolute atomic E-state index is 12.2. The maximum Gasteiger partial charge on any atom is 0.255 e. The van der Waals surface area contributed by atoms with Crippen molar-refractivity contribution in [1.82, 2.24) is 0 Å². The minimum absolute atomic E-state index is 0.0453. The van der Waals surface area contributed by atoms with Crippen LogP contribution in [0.2, 0.25) is 0 Å². The summed E-state index contributed by atoms with van der Waals surface area (Å²) in [4.78, 5) is 25.0. The van der Waals surface area contributed by atoms with Crippen molar-refractivity contribution in [1.29, 1.82) is 0 Å². The van der Waals surface area contributed by atoms with E-state index in [2.05, 4.69) is 10.6 Å². The molecule has 0 aliphatic rings. The molecule has 120 valence electrons. The van der Waals surface area contributed by atoms with Crippen LogP contribution in [0.4, 0.5) is 11.4 Å². The Hall–Kier alpha value is -2.27. The smallest absolute Gasteiger partial charge is 0.255 e. The van der Waals surface area contributed by atoms with Crippen LogP contribution in [0.15, 0.2) is 53.4 Å². The number of nitrogens with one attached hydrogen (secondary N) is 2. The van der Waals surface area contributed by atoms with Gasteiger partial charge >= 0.3 is 0 Å². The van der Waals surface area contributed by atoms with Crippen LogP contribution in [-0.4, -0.2) is 18.1 Å². The summed E-state index contributed by atoms with van der Waals surface area (Å²) in [5.74, 6) is -0.304. The zero-order valence-electron chi connectivity index (χ0n) is 13.4. The van der Waals surface area contributed by atoms with Gasteiger partial charge in [0.2, 0.25) is 5.91 Å². The predicted molar refractivity (Wildman–Crippen MR) is 96.1 cm³/mol. The lowest BCUT2D eigenvalue weighted by Crippen LogP contribution is -2.18. The first-order valence-corrected chi connectivity index (χ1v) is 8.58. The molecule has 0 unspecified atom stereocenters. The second kappa shape index (κ2) is 7.83. The van der Waals surface area contributed by atoms with Crippen molar-refractivity contribution in [3.8, 4) is 0 Å². The molecular weight excluding hydrogens is 308 g/mol. The van der Waals surface area contributed by atoms with Crippen LogP contribution in [0.3, 0.4) is 0 Å². The predicted octanol–water partition coefficient (Wildman–Crippen LogP) is 4.26. The van der Waals surface area contributed by atoms with Gasteiger partial charge in [-0.15, -0.1) is 11.8 Å². The van der Waals surface area contributed by atoms with Gasteiger partial charge in [0, 0.05) is 27.8 Å². The highest BCUT2D eigenvalue weighted by Gasteiger charge is 2.09. The molecule has 0 atom stereocenters. The summed E-state index contributed by atoms with van der Waals surface area (Å²) < 4.78 is 0. The van der Waals surface area contributed by atoms with Crippen LogP contribution in [0, 0.1) is 5.92 Å². The van der Waals surface area contributed by atoms with Crippen molar-refractivity contribution < 1.29 is 9.59 Å². The molecule has 0 saturated carbocycles. The largest absolute Gasteiger partial charge is 0.326 e. The molecule has 5 heteroatoms. The lowest BCUT2D eigenvalue weighted by atomic mass is 10.1. The molecule has 0 bridgehead atoms. The van der Waals surface area contributed by atoms with Crippen molar-refractivity contribution in [3.63, 3.8) is 0 Å². The Morgan fingerprint density at radius 1 is 0.870 bits per heavy atom. The third kappa shape index (κ3) is 4.86. The Labute approximate surface area is 140 Å². The molecule has 0 aromatic heterocycles. The molecule has 0 saturated heterocycles. The van der Waals surface area contributed by atoms with E-state index in [1.165, 1.54) is 0 Å². The maximum atomic E-state index is 12.2. The number of thioether (sulfide) groups is 1. The zero-order chi connectivity index (χ0) is 16.8. The van der Waals surface area contributed by atoms with Crippen LogP contribution in [0.5, 0.6) is 0 Å². The van der Waals surface area contributed by atoms with Gasteiger partial charge in [0.25, 0.3) is 5.91 Å². The second-order valence-corrected chi connectivity index (χ2v) is 6.28. The Bertz CT molecular complexity index is 679. The fraction of sp³-hybridized carbons (Fsp3) is 0.222. The van der Waals surface area contributed by atoms with Crippen molar-refractivity contribution in [2.45, 2.75) is 18.7 Å². The Balaban J connectivity index is 2.00. The molecule has 2 aromatic carbocycles. The first-order valence-electron chi connectivity index (χ1n) is 7.36. The molecule has 0 aliphatic heterocycles. The summed E-state index contributed by atoms with van der Waals surface area (Å²) in [6.07, 6.45) is 2.01. The van der Waals surface area contributed by atoms with E-state index >= 15 is 0 Å². The SMILES string of the molecule is CSc1ccc(NC(=O)c2ccc(NC(=O)C(C)C)cc2)cc1. The molecular formula is C18H20N2O2S. The van der Waals surface area contributed by atoms with Crippen molar-refractivity contribution in [2.24, 2.45) is 5.92 Å². The van der Waals surface area contributed by atoms with Gasteiger partial charge < -0.3 is 10.6 Å². The monoisotopic (exact) mass is 328 g/mol. The van der Waals surface area contributed by atoms with Crippen LogP contribution >= 0.6 is 11.8 Å². The number of hydrogen-bond acceptors (Lipinski definition) is 3. The first-order chi connectivity index (χ1) is 11.0. The fourth-order valence-electron chi connectivity index (χ4n) is 1.87. The molecule has 0 radical (unpaired) electrons. The van der Waals surface area contributed by atoms with E-state index < -0.39 is 0 Å². The second-order valence-electron chi connectivity index (χ2n) is 5.40. The highest BCUT2D eigenvalue weighted by Crippen LogP contribution is 2.18. The number of carbonyl (C=O) groups excluding carboxylic acids is 2. The van der Waals surface area contributed by atoms with Gasteiger partial charge in [-0.1, -0.05) is 13.8 Å². The van der Waals surface area contributed by atoms with E-state index in [0.717, 1.165) is 10.6 Å². The van der Waals surface area contributed by atoms with Gasteiger partial charge in [-0.25, -0.2) is 0 Å². The highest BCUT2D eigenvalue weighted by atomic mass is 32.2. The molecule has 0 heterocycles. The van der Waals surface area contributed by atoms with Crippen LogP contribution < -0.4 is 10.6 Å². The highest BCUT2D eigenvalue weighted by molar-refractivity contribution is 7.98. The van der Waals surface area contributed by atoms with Crippen molar-refractivity contribution in [2.75, 3.05) is 16.9 Å². The first kappa shape index (κ1) is 17.1. The summed E-state index contributed by atoms with van der Waals surface area (Å²) in [6.45, 7) is 3.67. The third-order valence-corrected chi connectivity index (χ3v) is 4.03. The molecule has 0 fully saturated rings. The Kier molecular flexibility index (Phi) is 5.82. The molecule has 2 aromatic rings. The molecule has 2 amide bonds. The average Bonchev–Trinajstić information content (AvgIpc) is 2.56. The number of amides is 2. The molecule has 2 rings (SSSR count). The van der Waals surface area contributed by atoms with Crippen LogP contribution in [0.1, 0.15) is 24.2 Å². The van der Waals surface area contributed by atoms with Crippen LogP contribution in [-0.2, 0) is 4.79 Å². The zero-order valence-corrected chi connectivity index (χ0v) is 14.2. The normalized spacial score (nSPS) is 10.4. The Morgan fingerprint density at radius 2 is 1.39 bits per heavy atom. The molecule has 23 heavy (non-hydrogen) atoms. The van der Waals surface area contributed by atoms with E-state index in [9.17, 15) is 9.59 Å². The lowest BCUT2D eigenvalue weighted by molar-refractivity contribution is -0.118. The summed E-state index contributed by atoms with van der Waals surface area (Å²) >= 11 is 1.65. The molecule has 0 aliphatic carbocycles. The van der Waals surface area contributed by atoms with Gasteiger partial charge in [-0.2, -0.15) is 0 Å². The van der Waals surface area contributed by atoms with E-state index in [1.807, 2.05) is 44.4 Å². The molecule has 2 N–H and O–H groups in total. The molecule has 0 spiro atoms. The number of anilines is 2. The summed E-state index contributed by atoms with van der Waals surface area (Å²) in [6, 6.07) is 14.5. The van der Waals surface area contributed by atoms with Gasteiger partial charge in [-0.05, 0) is 54.8 Å². The number of carbonyl (C=O) groups is 2. The van der Waals surface area contributed by atoms with Gasteiger partial charge in [0.05, 0.1) is 0 Å². The lowest BCUT2D eigenvalue weighted by Gasteiger charge is -2.09. The van der Waals surface area contributed by atoms with E-state index in [4.69, 9.17) is 0 Å². The summed E-state index contributed by atoms with van der Waals surface area (Å²) in [5, 5.41) is 5.65. The van der Waals surface area contributed by atoms with Gasteiger partial charge in [-0.3, -0.25) is 9.59 Å². The number of benzene rings is 2. The van der Waals surface area contributed by atoms with E-state index in [1.54, 1.807) is 36.0 Å². The quantitative estimate of drug-likeness (QED) is 0.807. The fourth-order valence-corrected chi connectivity index (χ4v) is 2.28. The van der Waals surface area contributed by atoms with Gasteiger partial charge in [0.15, 0.2) is 0 Å². The van der Waals surface area contributed by atoms with E-state index in [-0.39, 0.29) is 17.7 Å². The third-order valence-electron chi connectivity index (χ3n) is 3.29. The number of hydrogen-bond donors (Lipinski definition) is 2. The summed E-state index contributed by atoms with van der Waals surface area (Å²) in [5.41, 5.74) is 1.98. The topological polar surface area (TPSA) is 58.2 Å². The minimum Gasteiger partial charge on any atom is -0.326 e. The summed E-state index contributed by atoms with van der Waals surface area (Å²) in [7, 11) is 0. The van der Waals surface area contributed by atoms with Gasteiger partial charge in [0.1, 0.15) is 0 Å². The van der Waals surface area contributed by atoms with Crippen LogP contribution in [0.25, 0.3) is 0 Å². The number of rotatable bonds is 5.